The van der Waals surface area contributed by atoms with Gasteiger partial charge in [0.2, 0.25) is 5.91 Å². The molecule has 0 spiro atoms. The molecule has 0 bridgehead atoms. The summed E-state index contributed by atoms with van der Waals surface area (Å²) >= 11 is 0. The van der Waals surface area contributed by atoms with Gasteiger partial charge in [0, 0.05) is 16.8 Å². The fraction of sp³-hybridized carbons (Fsp3) is 0.200. The quantitative estimate of drug-likeness (QED) is 0.723. The van der Waals surface area contributed by atoms with Crippen LogP contribution in [0.3, 0.4) is 0 Å². The number of carbonyl (C=O) groups excluding carboxylic acids is 2. The van der Waals surface area contributed by atoms with E-state index in [9.17, 15) is 19.1 Å². The fourth-order valence-corrected chi connectivity index (χ4v) is 2.20. The first-order valence-electron chi connectivity index (χ1n) is 7.88. The maximum Gasteiger partial charge on any atom is 0.252 e. The molecule has 0 aliphatic rings. The van der Waals surface area contributed by atoms with Crippen molar-refractivity contribution in [1.82, 2.24) is 5.32 Å². The van der Waals surface area contributed by atoms with Gasteiger partial charge in [0.15, 0.2) is 0 Å². The van der Waals surface area contributed by atoms with Crippen LogP contribution in [0.2, 0.25) is 0 Å². The van der Waals surface area contributed by atoms with E-state index < -0.39 is 17.3 Å². The Hall–Kier alpha value is -3.33. The highest BCUT2D eigenvalue weighted by molar-refractivity contribution is 5.98. The number of aromatic hydroxyl groups is 1. The van der Waals surface area contributed by atoms with Crippen molar-refractivity contribution in [3.8, 4) is 18.1 Å². The Morgan fingerprint density at radius 1 is 1.23 bits per heavy atom. The number of carbonyl (C=O) groups is 2. The molecule has 5 nitrogen and oxygen atoms in total. The molecule has 0 atom stereocenters. The first-order valence-corrected chi connectivity index (χ1v) is 7.88. The van der Waals surface area contributed by atoms with Crippen LogP contribution in [0.5, 0.6) is 5.75 Å². The normalized spacial score (nSPS) is 10.7. The summed E-state index contributed by atoms with van der Waals surface area (Å²) in [6, 6.07) is 9.73. The second-order valence-corrected chi connectivity index (χ2v) is 6.30. The Balaban J connectivity index is 2.08. The van der Waals surface area contributed by atoms with E-state index in [0.717, 1.165) is 12.1 Å². The van der Waals surface area contributed by atoms with Crippen molar-refractivity contribution in [1.29, 1.82) is 0 Å². The maximum absolute atomic E-state index is 13.2. The van der Waals surface area contributed by atoms with Crippen LogP contribution in [0.15, 0.2) is 42.5 Å². The molecule has 0 fully saturated rings. The Kier molecular flexibility index (Phi) is 5.63. The average molecular weight is 354 g/mol. The second-order valence-electron chi connectivity index (χ2n) is 6.30. The largest absolute Gasteiger partial charge is 0.508 e. The fourth-order valence-electron chi connectivity index (χ4n) is 2.20. The maximum atomic E-state index is 13.2. The number of phenolic OH excluding ortho intramolecular Hbond substituents is 1. The highest BCUT2D eigenvalue weighted by atomic mass is 19.1. The third-order valence-corrected chi connectivity index (χ3v) is 3.59. The topological polar surface area (TPSA) is 78.4 Å². The molecule has 0 aliphatic carbocycles. The van der Waals surface area contributed by atoms with Gasteiger partial charge in [0.25, 0.3) is 5.91 Å². The molecule has 2 amide bonds. The Bertz CT molecular complexity index is 885. The molecule has 134 valence electrons. The van der Waals surface area contributed by atoms with Gasteiger partial charge >= 0.3 is 0 Å². The molecule has 3 N–H and O–H groups in total. The molecule has 0 radical (unpaired) electrons. The molecule has 0 aliphatic heterocycles. The van der Waals surface area contributed by atoms with E-state index in [0.29, 0.717) is 11.3 Å². The number of rotatable bonds is 5. The van der Waals surface area contributed by atoms with E-state index in [1.165, 1.54) is 12.1 Å². The van der Waals surface area contributed by atoms with E-state index in [1.54, 1.807) is 32.0 Å². The smallest absolute Gasteiger partial charge is 0.252 e. The van der Waals surface area contributed by atoms with Gasteiger partial charge in [-0.1, -0.05) is 12.0 Å². The van der Waals surface area contributed by atoms with Crippen LogP contribution in [-0.4, -0.2) is 22.5 Å². The van der Waals surface area contributed by atoms with Crippen LogP contribution in [0, 0.1) is 18.2 Å². The Labute approximate surface area is 151 Å². The van der Waals surface area contributed by atoms with E-state index in [4.69, 9.17) is 6.42 Å². The lowest BCUT2D eigenvalue weighted by atomic mass is 10.1. The average Bonchev–Trinajstić information content (AvgIpc) is 2.58. The molecule has 2 rings (SSSR count). The molecule has 2 aromatic carbocycles. The van der Waals surface area contributed by atoms with Crippen LogP contribution in [-0.2, 0) is 11.2 Å². The molecule has 0 saturated heterocycles. The molecule has 6 heteroatoms. The van der Waals surface area contributed by atoms with Gasteiger partial charge in [-0.3, -0.25) is 9.59 Å². The summed E-state index contributed by atoms with van der Waals surface area (Å²) in [5, 5.41) is 15.0. The van der Waals surface area contributed by atoms with Gasteiger partial charge in [-0.25, -0.2) is 4.39 Å². The van der Waals surface area contributed by atoms with Crippen molar-refractivity contribution in [3.63, 3.8) is 0 Å². The number of hydrogen-bond acceptors (Lipinski definition) is 3. The van der Waals surface area contributed by atoms with Crippen LogP contribution < -0.4 is 10.6 Å². The first-order chi connectivity index (χ1) is 12.2. The van der Waals surface area contributed by atoms with Crippen LogP contribution in [0.4, 0.5) is 10.1 Å². The van der Waals surface area contributed by atoms with Crippen molar-refractivity contribution in [2.24, 2.45) is 0 Å². The van der Waals surface area contributed by atoms with Crippen molar-refractivity contribution < 1.29 is 19.1 Å². The summed E-state index contributed by atoms with van der Waals surface area (Å²) in [6.07, 6.45) is 5.15. The minimum atomic E-state index is -0.800. The zero-order valence-corrected chi connectivity index (χ0v) is 14.5. The monoisotopic (exact) mass is 354 g/mol. The summed E-state index contributed by atoms with van der Waals surface area (Å²) in [6.45, 7) is 3.39. The number of halogens is 1. The summed E-state index contributed by atoms with van der Waals surface area (Å²) in [7, 11) is 0. The number of amides is 2. The van der Waals surface area contributed by atoms with Crippen molar-refractivity contribution >= 4 is 17.5 Å². The number of terminal acetylenes is 1. The van der Waals surface area contributed by atoms with Gasteiger partial charge in [0.1, 0.15) is 11.6 Å². The van der Waals surface area contributed by atoms with Gasteiger partial charge in [-0.15, -0.1) is 6.42 Å². The van der Waals surface area contributed by atoms with Gasteiger partial charge in [-0.2, -0.15) is 0 Å². The van der Waals surface area contributed by atoms with Crippen molar-refractivity contribution in [2.75, 3.05) is 5.32 Å². The summed E-state index contributed by atoms with van der Waals surface area (Å²) in [5.74, 6) is 0.948. The van der Waals surface area contributed by atoms with E-state index >= 15 is 0 Å². The lowest BCUT2D eigenvalue weighted by molar-refractivity contribution is -0.115. The zero-order chi connectivity index (χ0) is 19.3. The minimum absolute atomic E-state index is 0.161. The SMILES string of the molecule is C#CC(C)(C)NC(=O)c1cccc(NC(=O)Cc2cc(F)ccc2O)c1. The minimum Gasteiger partial charge on any atom is -0.508 e. The van der Waals surface area contributed by atoms with Crippen LogP contribution in [0.1, 0.15) is 29.8 Å². The molecule has 2 aromatic rings. The first kappa shape index (κ1) is 19.0. The predicted molar refractivity (Wildman–Crippen MR) is 97.2 cm³/mol. The molecule has 0 unspecified atom stereocenters. The standard InChI is InChI=1S/C20H19FN2O3/c1-4-20(2,3)23-19(26)13-6-5-7-16(11-13)22-18(25)12-14-10-15(21)8-9-17(14)24/h1,5-11,24H,12H2,2-3H3,(H,22,25)(H,23,26). The number of benzene rings is 2. The highest BCUT2D eigenvalue weighted by Crippen LogP contribution is 2.19. The molecule has 0 aromatic heterocycles. The predicted octanol–water partition coefficient (Wildman–Crippen LogP) is 2.85. The lowest BCUT2D eigenvalue weighted by Gasteiger charge is -2.19. The van der Waals surface area contributed by atoms with E-state index in [-0.39, 0.29) is 23.6 Å². The summed E-state index contributed by atoms with van der Waals surface area (Å²) < 4.78 is 13.2. The number of nitrogens with one attached hydrogen (secondary N) is 2. The van der Waals surface area contributed by atoms with Crippen molar-refractivity contribution in [2.45, 2.75) is 25.8 Å². The lowest BCUT2D eigenvalue weighted by Crippen LogP contribution is -2.42. The molecular weight excluding hydrogens is 335 g/mol. The van der Waals surface area contributed by atoms with Crippen molar-refractivity contribution in [3.05, 3.63) is 59.4 Å². The molecule has 26 heavy (non-hydrogen) atoms. The van der Waals surface area contributed by atoms with Crippen LogP contribution in [0.25, 0.3) is 0 Å². The Morgan fingerprint density at radius 3 is 2.65 bits per heavy atom. The second kappa shape index (κ2) is 7.70. The van der Waals surface area contributed by atoms with Gasteiger partial charge in [0.05, 0.1) is 12.0 Å². The molecule has 0 saturated carbocycles. The van der Waals surface area contributed by atoms with E-state index in [2.05, 4.69) is 16.6 Å². The third-order valence-electron chi connectivity index (χ3n) is 3.59. The molecular formula is C20H19FN2O3. The summed E-state index contributed by atoms with van der Waals surface area (Å²) in [5.41, 5.74) is 0.106. The number of phenols is 1. The molecule has 0 heterocycles. The van der Waals surface area contributed by atoms with Gasteiger partial charge in [-0.05, 0) is 50.2 Å². The Morgan fingerprint density at radius 2 is 1.96 bits per heavy atom. The van der Waals surface area contributed by atoms with Crippen LogP contribution >= 0.6 is 0 Å². The highest BCUT2D eigenvalue weighted by Gasteiger charge is 2.18. The number of anilines is 1. The third kappa shape index (κ3) is 5.08. The van der Waals surface area contributed by atoms with E-state index in [1.807, 2.05) is 0 Å². The number of hydrogen-bond donors (Lipinski definition) is 3. The summed E-state index contributed by atoms with van der Waals surface area (Å²) in [4.78, 5) is 24.4. The zero-order valence-electron chi connectivity index (χ0n) is 14.5. The van der Waals surface area contributed by atoms with Gasteiger partial charge < -0.3 is 15.7 Å².